The van der Waals surface area contributed by atoms with Gasteiger partial charge in [0.15, 0.2) is 0 Å². The molecule has 0 aromatic heterocycles. The van der Waals surface area contributed by atoms with Gasteiger partial charge in [0, 0.05) is 6.61 Å². The van der Waals surface area contributed by atoms with E-state index in [-0.39, 0.29) is 6.10 Å². The predicted octanol–water partition coefficient (Wildman–Crippen LogP) is 1.46. The molecule has 1 heterocycles. The Labute approximate surface area is 75.0 Å². The Morgan fingerprint density at radius 3 is 2.58 bits per heavy atom. The second kappa shape index (κ2) is 8.97. The second-order valence-electron chi connectivity index (χ2n) is 2.23. The van der Waals surface area contributed by atoms with Crippen LogP contribution in [0.5, 0.6) is 0 Å². The fraction of sp³-hybridized carbons (Fsp3) is 1.00. The smallest absolute Gasteiger partial charge is 0.104 e. The predicted molar refractivity (Wildman–Crippen MR) is 48.4 cm³/mol. The molecule has 0 bridgehead atoms. The molecule has 1 fully saturated rings. The minimum atomic E-state index is 0.161. The lowest BCUT2D eigenvalue weighted by Crippen LogP contribution is -2.32. The van der Waals surface area contributed by atoms with Crippen LogP contribution >= 0.6 is 0 Å². The van der Waals surface area contributed by atoms with E-state index >= 15 is 0 Å². The Balaban J connectivity index is 0.000000561. The molecule has 12 heavy (non-hydrogen) atoms. The van der Waals surface area contributed by atoms with E-state index in [1.54, 1.807) is 0 Å². The fourth-order valence-corrected chi connectivity index (χ4v) is 0.882. The van der Waals surface area contributed by atoms with Crippen molar-refractivity contribution in [2.75, 3.05) is 33.0 Å². The normalized spacial score (nSPS) is 22.8. The van der Waals surface area contributed by atoms with E-state index in [9.17, 15) is 0 Å². The van der Waals surface area contributed by atoms with Crippen molar-refractivity contribution >= 4 is 0 Å². The molecule has 0 N–H and O–H groups in total. The van der Waals surface area contributed by atoms with Crippen molar-refractivity contribution in [3.8, 4) is 0 Å². The molecular formula is C9H20O3. The maximum atomic E-state index is 5.33. The third-order valence-electron chi connectivity index (χ3n) is 1.39. The van der Waals surface area contributed by atoms with Gasteiger partial charge in [-0.05, 0) is 6.92 Å². The van der Waals surface area contributed by atoms with Crippen molar-refractivity contribution in [2.45, 2.75) is 26.9 Å². The summed E-state index contributed by atoms with van der Waals surface area (Å²) in [5.41, 5.74) is 0. The zero-order valence-electron chi connectivity index (χ0n) is 8.34. The van der Waals surface area contributed by atoms with Crippen molar-refractivity contribution in [3.05, 3.63) is 0 Å². The summed E-state index contributed by atoms with van der Waals surface area (Å²) in [6.07, 6.45) is 0.161. The minimum absolute atomic E-state index is 0.161. The van der Waals surface area contributed by atoms with Crippen LogP contribution in [-0.4, -0.2) is 39.1 Å². The van der Waals surface area contributed by atoms with Gasteiger partial charge in [0.05, 0.1) is 26.4 Å². The molecule has 1 atom stereocenters. The minimum Gasteiger partial charge on any atom is -0.379 e. The van der Waals surface area contributed by atoms with Crippen LogP contribution in [0.3, 0.4) is 0 Å². The van der Waals surface area contributed by atoms with Crippen LogP contribution in [0.15, 0.2) is 0 Å². The SMILES string of the molecule is CC.CCOCC1COCCO1. The van der Waals surface area contributed by atoms with Crippen LogP contribution in [0.4, 0.5) is 0 Å². The number of hydrogen-bond acceptors (Lipinski definition) is 3. The third-order valence-corrected chi connectivity index (χ3v) is 1.39. The number of rotatable bonds is 3. The second-order valence-corrected chi connectivity index (χ2v) is 2.23. The van der Waals surface area contributed by atoms with E-state index in [4.69, 9.17) is 14.2 Å². The van der Waals surface area contributed by atoms with Crippen LogP contribution in [0.1, 0.15) is 20.8 Å². The average molecular weight is 176 g/mol. The molecule has 0 aromatic carbocycles. The first-order valence-corrected chi connectivity index (χ1v) is 4.70. The van der Waals surface area contributed by atoms with Crippen LogP contribution < -0.4 is 0 Å². The summed E-state index contributed by atoms with van der Waals surface area (Å²) in [6, 6.07) is 0. The fourth-order valence-electron chi connectivity index (χ4n) is 0.882. The Morgan fingerprint density at radius 1 is 1.33 bits per heavy atom. The quantitative estimate of drug-likeness (QED) is 0.651. The van der Waals surface area contributed by atoms with Crippen molar-refractivity contribution in [2.24, 2.45) is 0 Å². The van der Waals surface area contributed by atoms with Crippen LogP contribution in [0, 0.1) is 0 Å². The maximum Gasteiger partial charge on any atom is 0.104 e. The highest BCUT2D eigenvalue weighted by atomic mass is 16.6. The van der Waals surface area contributed by atoms with Gasteiger partial charge in [-0.25, -0.2) is 0 Å². The molecule has 1 unspecified atom stereocenters. The summed E-state index contributed by atoms with van der Waals surface area (Å²) in [7, 11) is 0. The van der Waals surface area contributed by atoms with Gasteiger partial charge in [0.2, 0.25) is 0 Å². The van der Waals surface area contributed by atoms with E-state index in [2.05, 4.69) is 0 Å². The van der Waals surface area contributed by atoms with Gasteiger partial charge in [-0.15, -0.1) is 0 Å². The Kier molecular flexibility index (Phi) is 8.88. The zero-order valence-corrected chi connectivity index (χ0v) is 8.34. The monoisotopic (exact) mass is 176 g/mol. The molecule has 0 saturated carbocycles. The Hall–Kier alpha value is -0.120. The highest BCUT2D eigenvalue weighted by Gasteiger charge is 2.13. The zero-order chi connectivity index (χ0) is 9.23. The molecule has 74 valence electrons. The van der Waals surface area contributed by atoms with Gasteiger partial charge in [-0.1, -0.05) is 13.8 Å². The Morgan fingerprint density at radius 2 is 2.08 bits per heavy atom. The molecule has 0 aromatic rings. The Bertz CT molecular complexity index is 79.8. The molecule has 3 heteroatoms. The summed E-state index contributed by atoms with van der Waals surface area (Å²) in [4.78, 5) is 0. The first kappa shape index (κ1) is 11.9. The summed E-state index contributed by atoms with van der Waals surface area (Å²) < 4.78 is 15.7. The van der Waals surface area contributed by atoms with E-state index in [0.717, 1.165) is 13.2 Å². The third kappa shape index (κ3) is 5.52. The number of ether oxygens (including phenoxy) is 3. The maximum absolute atomic E-state index is 5.33. The van der Waals surface area contributed by atoms with Gasteiger partial charge < -0.3 is 14.2 Å². The average Bonchev–Trinajstić information content (AvgIpc) is 2.19. The van der Waals surface area contributed by atoms with Crippen LogP contribution in [-0.2, 0) is 14.2 Å². The van der Waals surface area contributed by atoms with Gasteiger partial charge in [-0.3, -0.25) is 0 Å². The van der Waals surface area contributed by atoms with Crippen LogP contribution in [0.25, 0.3) is 0 Å². The van der Waals surface area contributed by atoms with E-state index in [0.29, 0.717) is 19.8 Å². The van der Waals surface area contributed by atoms with Crippen molar-refractivity contribution in [1.82, 2.24) is 0 Å². The van der Waals surface area contributed by atoms with E-state index in [1.807, 2.05) is 20.8 Å². The molecule has 1 aliphatic heterocycles. The van der Waals surface area contributed by atoms with Gasteiger partial charge in [0.25, 0.3) is 0 Å². The molecule has 0 aliphatic carbocycles. The topological polar surface area (TPSA) is 27.7 Å². The molecule has 1 aliphatic rings. The first-order valence-electron chi connectivity index (χ1n) is 4.70. The first-order chi connectivity index (χ1) is 5.93. The summed E-state index contributed by atoms with van der Waals surface area (Å²) >= 11 is 0. The highest BCUT2D eigenvalue weighted by molar-refractivity contribution is 4.58. The van der Waals surface area contributed by atoms with E-state index < -0.39 is 0 Å². The van der Waals surface area contributed by atoms with E-state index in [1.165, 1.54) is 0 Å². The summed E-state index contributed by atoms with van der Waals surface area (Å²) in [5.74, 6) is 0. The van der Waals surface area contributed by atoms with Crippen molar-refractivity contribution in [1.29, 1.82) is 0 Å². The van der Waals surface area contributed by atoms with Crippen molar-refractivity contribution < 1.29 is 14.2 Å². The standard InChI is InChI=1S/C7H14O3.C2H6/c1-2-8-5-7-6-9-3-4-10-7;1-2/h7H,2-6H2,1H3;1-2H3. The molecule has 1 rings (SSSR count). The lowest BCUT2D eigenvalue weighted by atomic mass is 10.4. The molecule has 0 radical (unpaired) electrons. The number of hydrogen-bond donors (Lipinski definition) is 0. The summed E-state index contributed by atoms with van der Waals surface area (Å²) in [5, 5.41) is 0. The van der Waals surface area contributed by atoms with Gasteiger partial charge in [0.1, 0.15) is 6.10 Å². The molecular weight excluding hydrogens is 156 g/mol. The largest absolute Gasteiger partial charge is 0.379 e. The lowest BCUT2D eigenvalue weighted by Gasteiger charge is -2.22. The molecule has 0 amide bonds. The van der Waals surface area contributed by atoms with Crippen molar-refractivity contribution in [3.63, 3.8) is 0 Å². The molecule has 0 spiro atoms. The van der Waals surface area contributed by atoms with Gasteiger partial charge in [-0.2, -0.15) is 0 Å². The summed E-state index contributed by atoms with van der Waals surface area (Å²) in [6.45, 7) is 9.50. The lowest BCUT2D eigenvalue weighted by molar-refractivity contribution is -0.114. The highest BCUT2D eigenvalue weighted by Crippen LogP contribution is 2.00. The molecule has 3 nitrogen and oxygen atoms in total. The van der Waals surface area contributed by atoms with Gasteiger partial charge >= 0.3 is 0 Å². The van der Waals surface area contributed by atoms with Crippen LogP contribution in [0.2, 0.25) is 0 Å². The molecule has 1 saturated heterocycles.